The Bertz CT molecular complexity index is 2670. The third-order valence-corrected chi connectivity index (χ3v) is 11.0. The first-order valence-electron chi connectivity index (χ1n) is 21.3. The van der Waals surface area contributed by atoms with Crippen molar-refractivity contribution < 1.29 is 38.9 Å². The number of carbonyl (C=O) groups is 4. The minimum atomic E-state index is -0.688. The Morgan fingerprint density at radius 2 is 1.27 bits per heavy atom. The topological polar surface area (TPSA) is 275 Å². The van der Waals surface area contributed by atoms with Crippen LogP contribution in [0, 0.1) is 13.8 Å². The van der Waals surface area contributed by atoms with Crippen molar-refractivity contribution in [3.63, 3.8) is 0 Å². The van der Waals surface area contributed by atoms with Gasteiger partial charge in [0.15, 0.2) is 0 Å². The second-order valence-corrected chi connectivity index (χ2v) is 15.5. The highest BCUT2D eigenvalue weighted by atomic mass is 16.5. The van der Waals surface area contributed by atoms with Gasteiger partial charge in [0.25, 0.3) is 11.8 Å². The van der Waals surface area contributed by atoms with Crippen molar-refractivity contribution in [1.29, 1.82) is 0 Å². The molecular weight excluding hydrogens is 813 g/mol. The number of ether oxygens (including phenoxy) is 2. The summed E-state index contributed by atoms with van der Waals surface area (Å²) in [5.41, 5.74) is 16.5. The fourth-order valence-corrected chi connectivity index (χ4v) is 7.99. The number of aromatic nitrogens is 8. The van der Waals surface area contributed by atoms with Gasteiger partial charge in [-0.2, -0.15) is 10.2 Å². The highest BCUT2D eigenvalue weighted by Gasteiger charge is 2.26. The molecule has 0 radical (unpaired) electrons. The number of anilines is 2. The maximum atomic E-state index is 14.4. The van der Waals surface area contributed by atoms with Gasteiger partial charge in [0.1, 0.15) is 33.9 Å². The molecule has 0 bridgehead atoms. The number of rotatable bonds is 11. The molecule has 4 amide bonds. The zero-order valence-corrected chi connectivity index (χ0v) is 35.8. The lowest BCUT2D eigenvalue weighted by Gasteiger charge is -2.16. The van der Waals surface area contributed by atoms with Crippen molar-refractivity contribution >= 4 is 57.6 Å². The smallest absolute Gasteiger partial charge is 0.276 e. The first-order valence-corrected chi connectivity index (χ1v) is 21.3. The Labute approximate surface area is 362 Å². The largest absolute Gasteiger partial charge is 0.491 e. The number of nitrogens with zero attached hydrogens (tertiary/aromatic N) is 8. The first kappa shape index (κ1) is 44.3. The van der Waals surface area contributed by atoms with Crippen LogP contribution in [0.4, 0.5) is 11.9 Å². The molecule has 8 N–H and O–H groups in total. The number of nitrogens with one attached hydrogen (secondary N) is 2. The zero-order valence-electron chi connectivity index (χ0n) is 35.8. The summed E-state index contributed by atoms with van der Waals surface area (Å²) in [6, 6.07) is 7.88. The number of aliphatic hydroxyl groups excluding tert-OH is 2. The van der Waals surface area contributed by atoms with E-state index in [1.54, 1.807) is 27.6 Å². The summed E-state index contributed by atoms with van der Waals surface area (Å²) >= 11 is 0. The Balaban J connectivity index is 1.34. The van der Waals surface area contributed by atoms with Gasteiger partial charge < -0.3 is 40.3 Å². The van der Waals surface area contributed by atoms with Crippen LogP contribution in [-0.2, 0) is 32.6 Å². The number of aliphatic hydroxyl groups is 2. The lowest BCUT2D eigenvalue weighted by atomic mass is 10.0. The summed E-state index contributed by atoms with van der Waals surface area (Å²) in [4.78, 5) is 63.1. The van der Waals surface area contributed by atoms with Crippen molar-refractivity contribution in [3.05, 3.63) is 69.8 Å². The number of hydrogen-bond acceptors (Lipinski definition) is 12. The highest BCUT2D eigenvalue weighted by Crippen LogP contribution is 2.34. The number of primary amides is 2. The predicted molar refractivity (Wildman–Crippen MR) is 233 cm³/mol. The van der Waals surface area contributed by atoms with Crippen LogP contribution in [0.3, 0.4) is 0 Å². The molecule has 0 saturated carbocycles. The van der Waals surface area contributed by atoms with Gasteiger partial charge in [-0.25, -0.2) is 9.97 Å². The number of benzene rings is 2. The second-order valence-electron chi connectivity index (χ2n) is 15.5. The Morgan fingerprint density at radius 3 is 1.79 bits per heavy atom. The van der Waals surface area contributed by atoms with Gasteiger partial charge in [-0.05, 0) is 83.2 Å². The van der Waals surface area contributed by atoms with Crippen molar-refractivity contribution in [1.82, 2.24) is 38.7 Å². The molecule has 0 unspecified atom stereocenters. The quantitative estimate of drug-likeness (QED) is 0.101. The lowest BCUT2D eigenvalue weighted by molar-refractivity contribution is 0.0991. The number of carbonyl (C=O) groups excluding carboxylic acids is 4. The molecule has 6 aromatic rings. The van der Waals surface area contributed by atoms with Crippen LogP contribution < -0.4 is 31.6 Å². The molecule has 0 atom stereocenters. The second kappa shape index (κ2) is 19.5. The normalized spacial score (nSPS) is 14.2. The summed E-state index contributed by atoms with van der Waals surface area (Å²) in [5, 5.41) is 34.4. The van der Waals surface area contributed by atoms with E-state index in [1.165, 1.54) is 12.1 Å². The van der Waals surface area contributed by atoms with Crippen LogP contribution in [0.1, 0.15) is 111 Å². The average molecular weight is 867 g/mol. The lowest BCUT2D eigenvalue weighted by Crippen LogP contribution is -2.21. The van der Waals surface area contributed by atoms with E-state index in [9.17, 15) is 29.4 Å². The minimum Gasteiger partial charge on any atom is -0.491 e. The molecule has 5 heterocycles. The maximum absolute atomic E-state index is 14.4. The SMILES string of the molecule is CCn1nc(C)c2c1C(=O)Nc1nc3cc(C(N)=O)cc(OCCCO)c3n1CCCCn1c(nc3cc(C(N)=O)cc(OCCCO)c31)NC(=O)c1cc(C)nn1CCCCC2. The number of fused-ring (bicyclic) bond motifs is 8. The third-order valence-electron chi connectivity index (χ3n) is 11.0. The van der Waals surface area contributed by atoms with E-state index >= 15 is 0 Å². The molecule has 0 saturated heterocycles. The Morgan fingerprint density at radius 1 is 0.730 bits per heavy atom. The molecule has 0 spiro atoms. The van der Waals surface area contributed by atoms with Crippen LogP contribution >= 0.6 is 0 Å². The molecule has 1 aliphatic heterocycles. The van der Waals surface area contributed by atoms with Gasteiger partial charge in [0, 0.05) is 68.9 Å². The van der Waals surface area contributed by atoms with Crippen LogP contribution in [0.2, 0.25) is 0 Å². The maximum Gasteiger partial charge on any atom is 0.276 e. The average Bonchev–Trinajstić information content (AvgIpc) is 3.99. The molecule has 7 rings (SSSR count). The van der Waals surface area contributed by atoms with Crippen LogP contribution in [0.25, 0.3) is 22.1 Å². The highest BCUT2D eigenvalue weighted by molar-refractivity contribution is 6.06. The number of amides is 4. The van der Waals surface area contributed by atoms with Crippen LogP contribution in [0.5, 0.6) is 11.5 Å². The predicted octanol–water partition coefficient (Wildman–Crippen LogP) is 3.85. The van der Waals surface area contributed by atoms with Gasteiger partial charge in [-0.3, -0.25) is 39.2 Å². The van der Waals surface area contributed by atoms with E-state index in [4.69, 9.17) is 36.0 Å². The molecule has 0 aliphatic carbocycles. The van der Waals surface area contributed by atoms with Crippen molar-refractivity contribution in [2.45, 2.75) is 98.3 Å². The van der Waals surface area contributed by atoms with Gasteiger partial charge in [0.05, 0.1) is 35.6 Å². The summed E-state index contributed by atoms with van der Waals surface area (Å²) in [5.74, 6) is -1.17. The van der Waals surface area contributed by atoms with Crippen molar-refractivity contribution in [2.24, 2.45) is 11.5 Å². The molecule has 334 valence electrons. The number of nitrogens with two attached hydrogens (primary N) is 2. The van der Waals surface area contributed by atoms with Gasteiger partial charge in [0.2, 0.25) is 23.7 Å². The molecule has 1 aliphatic rings. The summed E-state index contributed by atoms with van der Waals surface area (Å²) < 4.78 is 19.2. The van der Waals surface area contributed by atoms with E-state index in [2.05, 4.69) is 15.7 Å². The first-order chi connectivity index (χ1) is 30.4. The van der Waals surface area contributed by atoms with Gasteiger partial charge in [-0.15, -0.1) is 0 Å². The molecule has 0 fully saturated rings. The number of aryl methyl sites for hydroxylation is 6. The van der Waals surface area contributed by atoms with E-state index < -0.39 is 23.6 Å². The van der Waals surface area contributed by atoms with E-state index in [-0.39, 0.29) is 49.5 Å². The molecular formula is C43H54N12O8. The number of hydrogen-bond donors (Lipinski definition) is 6. The molecule has 20 heteroatoms. The van der Waals surface area contributed by atoms with E-state index in [0.717, 1.165) is 24.1 Å². The summed E-state index contributed by atoms with van der Waals surface area (Å²) in [6.07, 6.45) is 4.42. The fraction of sp³-hybridized carbons (Fsp3) is 0.442. The minimum absolute atomic E-state index is 0.112. The van der Waals surface area contributed by atoms with Crippen molar-refractivity contribution in [3.8, 4) is 11.5 Å². The van der Waals surface area contributed by atoms with E-state index in [0.29, 0.717) is 115 Å². The number of imidazole rings is 2. The molecule has 20 nitrogen and oxygen atoms in total. The molecule has 63 heavy (non-hydrogen) atoms. The molecule has 4 aromatic heterocycles. The molecule has 2 aromatic carbocycles. The monoisotopic (exact) mass is 866 g/mol. The third kappa shape index (κ3) is 9.51. The zero-order chi connectivity index (χ0) is 44.8. The Kier molecular flexibility index (Phi) is 13.7. The Hall–Kier alpha value is -6.80. The van der Waals surface area contributed by atoms with Gasteiger partial charge in [-0.1, -0.05) is 6.42 Å². The fourth-order valence-electron chi connectivity index (χ4n) is 7.99. The van der Waals surface area contributed by atoms with Crippen LogP contribution in [-0.4, -0.2) is 98.9 Å². The van der Waals surface area contributed by atoms with Gasteiger partial charge >= 0.3 is 0 Å². The standard InChI is InChI=1S/C43H54N12O8/c1-4-54-35-29(26(3)51-54)12-6-5-7-15-55-32(20-25(2)50-55)40(60)48-42-46-30-21-27(38(44)58)23-33(62-18-10-16-56)36(30)52(42)13-8-9-14-53-37-31(47-43(53)49-41(35)61)22-28(39(45)59)24-34(37)63-19-11-17-57/h20-24,56-57H,4-19H2,1-3H3,(H2,44,58)(H2,45,59)(H,46,48,60)(H,47,49,61). The summed E-state index contributed by atoms with van der Waals surface area (Å²) in [6.45, 7) is 7.22. The summed E-state index contributed by atoms with van der Waals surface area (Å²) in [7, 11) is 0. The van der Waals surface area contributed by atoms with Crippen LogP contribution in [0.15, 0.2) is 30.3 Å². The van der Waals surface area contributed by atoms with E-state index in [1.807, 2.05) is 29.9 Å². The van der Waals surface area contributed by atoms with Crippen molar-refractivity contribution in [2.75, 3.05) is 37.1 Å².